The van der Waals surface area contributed by atoms with Crippen LogP contribution in [0.5, 0.6) is 0 Å². The predicted octanol–water partition coefficient (Wildman–Crippen LogP) is 6.17. The average molecular weight is 309 g/mol. The number of ether oxygens (including phenoxy) is 2. The van der Waals surface area contributed by atoms with Gasteiger partial charge in [-0.15, -0.1) is 0 Å². The molecule has 1 fully saturated rings. The molecule has 1 aliphatic heterocycles. The third kappa shape index (κ3) is 12.0. The van der Waals surface area contributed by atoms with E-state index in [1.807, 2.05) is 0 Å². The van der Waals surface area contributed by atoms with Crippen molar-refractivity contribution in [3.8, 4) is 0 Å². The fourth-order valence-electron chi connectivity index (χ4n) is 2.66. The molecule has 0 aromatic heterocycles. The summed E-state index contributed by atoms with van der Waals surface area (Å²) in [6, 6.07) is 0. The van der Waals surface area contributed by atoms with Crippen molar-refractivity contribution < 1.29 is 9.47 Å². The minimum absolute atomic E-state index is 0.0550. The van der Waals surface area contributed by atoms with Crippen molar-refractivity contribution in [2.45, 2.75) is 90.3 Å². The Labute approximate surface area is 138 Å². The molecule has 0 aliphatic carbocycles. The highest BCUT2D eigenvalue weighted by Gasteiger charge is 2.12. The van der Waals surface area contributed by atoms with E-state index >= 15 is 0 Å². The van der Waals surface area contributed by atoms with E-state index in [0.717, 1.165) is 32.5 Å². The van der Waals surface area contributed by atoms with Crippen LogP contribution in [0.3, 0.4) is 0 Å². The van der Waals surface area contributed by atoms with Crippen molar-refractivity contribution in [2.24, 2.45) is 0 Å². The molecular weight excluding hydrogens is 272 g/mol. The fourth-order valence-corrected chi connectivity index (χ4v) is 2.66. The molecule has 0 aromatic rings. The maximum absolute atomic E-state index is 5.69. The predicted molar refractivity (Wildman–Crippen MR) is 95.1 cm³/mol. The molecule has 0 spiro atoms. The molecule has 0 amide bonds. The van der Waals surface area contributed by atoms with Crippen LogP contribution in [0.2, 0.25) is 0 Å². The van der Waals surface area contributed by atoms with E-state index in [9.17, 15) is 0 Å². The molecule has 0 radical (unpaired) electrons. The van der Waals surface area contributed by atoms with Crippen LogP contribution in [-0.2, 0) is 9.47 Å². The highest BCUT2D eigenvalue weighted by atomic mass is 16.7. The zero-order valence-electron chi connectivity index (χ0n) is 14.6. The maximum atomic E-state index is 5.69. The molecule has 1 unspecified atom stereocenters. The van der Waals surface area contributed by atoms with Crippen LogP contribution in [0, 0.1) is 0 Å². The van der Waals surface area contributed by atoms with Gasteiger partial charge in [0.25, 0.3) is 0 Å². The molecule has 0 bridgehead atoms. The first-order chi connectivity index (χ1) is 10.9. The minimum atomic E-state index is 0.0550. The van der Waals surface area contributed by atoms with Crippen molar-refractivity contribution in [1.82, 2.24) is 0 Å². The molecule has 1 rings (SSSR count). The summed E-state index contributed by atoms with van der Waals surface area (Å²) in [5.74, 6) is 0. The summed E-state index contributed by atoms with van der Waals surface area (Å²) in [7, 11) is 0. The lowest BCUT2D eigenvalue weighted by atomic mass is 10.1. The zero-order chi connectivity index (χ0) is 15.7. The van der Waals surface area contributed by atoms with Gasteiger partial charge in [0.2, 0.25) is 0 Å². The molecule has 2 nitrogen and oxygen atoms in total. The second kappa shape index (κ2) is 15.3. The summed E-state index contributed by atoms with van der Waals surface area (Å²) in [5.41, 5.74) is 0. The number of rotatable bonds is 13. The molecule has 0 N–H and O–H groups in total. The summed E-state index contributed by atoms with van der Waals surface area (Å²) in [6.07, 6.45) is 24.2. The van der Waals surface area contributed by atoms with Crippen molar-refractivity contribution in [3.63, 3.8) is 0 Å². The molecule has 1 heterocycles. The normalized spacial score (nSPS) is 19.4. The summed E-state index contributed by atoms with van der Waals surface area (Å²) >= 11 is 0. The average Bonchev–Trinajstić information content (AvgIpc) is 2.56. The summed E-state index contributed by atoms with van der Waals surface area (Å²) in [5, 5.41) is 0. The number of unbranched alkanes of at least 4 members (excludes halogenated alkanes) is 6. The van der Waals surface area contributed by atoms with Crippen LogP contribution < -0.4 is 0 Å². The Morgan fingerprint density at radius 1 is 0.909 bits per heavy atom. The highest BCUT2D eigenvalue weighted by molar-refractivity contribution is 4.92. The van der Waals surface area contributed by atoms with Crippen LogP contribution in [0.4, 0.5) is 0 Å². The van der Waals surface area contributed by atoms with Gasteiger partial charge in [-0.2, -0.15) is 0 Å². The summed E-state index contributed by atoms with van der Waals surface area (Å²) < 4.78 is 11.2. The first-order valence-electron chi connectivity index (χ1n) is 9.46. The van der Waals surface area contributed by atoms with Gasteiger partial charge in [-0.3, -0.25) is 0 Å². The van der Waals surface area contributed by atoms with Crippen LogP contribution in [-0.4, -0.2) is 19.5 Å². The molecule has 128 valence electrons. The highest BCUT2D eigenvalue weighted by Crippen LogP contribution is 2.13. The summed E-state index contributed by atoms with van der Waals surface area (Å²) in [6.45, 7) is 3.92. The Bertz CT molecular complexity index is 277. The molecule has 1 aliphatic rings. The Kier molecular flexibility index (Phi) is 13.5. The molecule has 2 heteroatoms. The fraction of sp³-hybridized carbons (Fsp3) is 0.800. The standard InChI is InChI=1S/C20H36O2/c1-2-3-4-5-6-7-8-9-10-11-12-13-15-18-21-20-17-14-16-19-22-20/h9-10,12-13,20H,2-8,11,14-19H2,1H3/b10-9-,13-12-. The van der Waals surface area contributed by atoms with E-state index in [1.165, 1.54) is 57.8 Å². The quantitative estimate of drug-likeness (QED) is 0.299. The van der Waals surface area contributed by atoms with Gasteiger partial charge < -0.3 is 9.47 Å². The molecule has 1 saturated heterocycles. The zero-order valence-corrected chi connectivity index (χ0v) is 14.6. The molecule has 0 aromatic carbocycles. The largest absolute Gasteiger partial charge is 0.353 e. The van der Waals surface area contributed by atoms with E-state index in [0.29, 0.717) is 0 Å². The molecule has 0 saturated carbocycles. The molecular formula is C20H36O2. The lowest BCUT2D eigenvalue weighted by Crippen LogP contribution is -2.22. The van der Waals surface area contributed by atoms with Crippen molar-refractivity contribution in [2.75, 3.05) is 13.2 Å². The third-order valence-electron chi connectivity index (χ3n) is 4.06. The Morgan fingerprint density at radius 2 is 1.68 bits per heavy atom. The Balaban J connectivity index is 1.81. The van der Waals surface area contributed by atoms with Gasteiger partial charge in [-0.1, -0.05) is 63.3 Å². The number of hydrogen-bond donors (Lipinski definition) is 0. The minimum Gasteiger partial charge on any atom is -0.353 e. The second-order valence-corrected chi connectivity index (χ2v) is 6.19. The Morgan fingerprint density at radius 3 is 2.45 bits per heavy atom. The SMILES string of the molecule is CCCCCCCC/C=C\C/C=C\CCOC1CCCCO1. The number of allylic oxidation sites excluding steroid dienone is 3. The monoisotopic (exact) mass is 308 g/mol. The van der Waals surface area contributed by atoms with Gasteiger partial charge in [0, 0.05) is 6.61 Å². The number of hydrogen-bond acceptors (Lipinski definition) is 2. The topological polar surface area (TPSA) is 18.5 Å². The molecule has 1 atom stereocenters. The van der Waals surface area contributed by atoms with Gasteiger partial charge in [-0.25, -0.2) is 0 Å². The van der Waals surface area contributed by atoms with Gasteiger partial charge in [0.15, 0.2) is 6.29 Å². The first kappa shape index (κ1) is 19.4. The van der Waals surface area contributed by atoms with E-state index in [4.69, 9.17) is 9.47 Å². The van der Waals surface area contributed by atoms with Crippen LogP contribution >= 0.6 is 0 Å². The summed E-state index contributed by atoms with van der Waals surface area (Å²) in [4.78, 5) is 0. The lowest BCUT2D eigenvalue weighted by Gasteiger charge is -2.22. The first-order valence-corrected chi connectivity index (χ1v) is 9.46. The van der Waals surface area contributed by atoms with Crippen molar-refractivity contribution in [3.05, 3.63) is 24.3 Å². The lowest BCUT2D eigenvalue weighted by molar-refractivity contribution is -0.161. The maximum Gasteiger partial charge on any atom is 0.157 e. The van der Waals surface area contributed by atoms with Crippen molar-refractivity contribution in [1.29, 1.82) is 0 Å². The molecule has 22 heavy (non-hydrogen) atoms. The van der Waals surface area contributed by atoms with Crippen LogP contribution in [0.25, 0.3) is 0 Å². The van der Waals surface area contributed by atoms with E-state index in [2.05, 4.69) is 31.2 Å². The smallest absolute Gasteiger partial charge is 0.157 e. The van der Waals surface area contributed by atoms with Gasteiger partial charge in [0.1, 0.15) is 0 Å². The van der Waals surface area contributed by atoms with E-state index < -0.39 is 0 Å². The van der Waals surface area contributed by atoms with E-state index in [1.54, 1.807) is 0 Å². The van der Waals surface area contributed by atoms with Gasteiger partial charge >= 0.3 is 0 Å². The third-order valence-corrected chi connectivity index (χ3v) is 4.06. The second-order valence-electron chi connectivity index (χ2n) is 6.19. The van der Waals surface area contributed by atoms with Gasteiger partial charge in [-0.05, 0) is 44.9 Å². The van der Waals surface area contributed by atoms with E-state index in [-0.39, 0.29) is 6.29 Å². The van der Waals surface area contributed by atoms with Crippen LogP contribution in [0.15, 0.2) is 24.3 Å². The Hall–Kier alpha value is -0.600. The van der Waals surface area contributed by atoms with Crippen molar-refractivity contribution >= 4 is 0 Å². The van der Waals surface area contributed by atoms with Gasteiger partial charge in [0.05, 0.1) is 6.61 Å². The van der Waals surface area contributed by atoms with Crippen LogP contribution in [0.1, 0.15) is 84.0 Å².